The van der Waals surface area contributed by atoms with E-state index < -0.39 is 29.6 Å². The molecule has 1 atom stereocenters. The Labute approximate surface area is 120 Å². The second-order valence-electron chi connectivity index (χ2n) is 4.59. The highest BCUT2D eigenvalue weighted by Crippen LogP contribution is 2.16. The minimum absolute atomic E-state index is 0.186. The molecule has 114 valence electrons. The van der Waals surface area contributed by atoms with Crippen molar-refractivity contribution in [1.29, 1.82) is 0 Å². The Kier molecular flexibility index (Phi) is 4.85. The molecule has 1 fully saturated rings. The molecule has 1 saturated heterocycles. The predicted molar refractivity (Wildman–Crippen MR) is 70.7 cm³/mol. The van der Waals surface area contributed by atoms with Gasteiger partial charge in [-0.05, 0) is 25.1 Å². The van der Waals surface area contributed by atoms with Gasteiger partial charge in [0.2, 0.25) is 0 Å². The Balaban J connectivity index is 2.26. The molecule has 2 rings (SSSR count). The molecule has 1 amide bonds. The number of carbonyl (C=O) groups is 2. The number of esters is 1. The fraction of sp³-hybridized carbons (Fsp3) is 0.429. The molecule has 0 aromatic heterocycles. The molecule has 0 radical (unpaired) electrons. The molecule has 0 saturated carbocycles. The quantitative estimate of drug-likeness (QED) is 0.844. The number of hydrogen-bond acceptors (Lipinski definition) is 4. The Hall–Kier alpha value is -2.02. The van der Waals surface area contributed by atoms with Crippen molar-refractivity contribution in [3.63, 3.8) is 0 Å². The molecule has 1 aliphatic rings. The summed E-state index contributed by atoms with van der Waals surface area (Å²) >= 11 is 0. The van der Waals surface area contributed by atoms with Gasteiger partial charge in [0.1, 0.15) is 17.7 Å². The molecule has 1 aromatic carbocycles. The van der Waals surface area contributed by atoms with Crippen LogP contribution in [0, 0.1) is 11.6 Å². The van der Waals surface area contributed by atoms with Crippen molar-refractivity contribution in [2.45, 2.75) is 13.0 Å². The first kappa shape index (κ1) is 15.4. The van der Waals surface area contributed by atoms with E-state index in [1.807, 2.05) is 0 Å². The predicted octanol–water partition coefficient (Wildman–Crippen LogP) is 0.942. The van der Waals surface area contributed by atoms with Gasteiger partial charge in [-0.2, -0.15) is 0 Å². The van der Waals surface area contributed by atoms with Crippen LogP contribution in [0.1, 0.15) is 17.3 Å². The summed E-state index contributed by atoms with van der Waals surface area (Å²) in [6.07, 6.45) is 0. The minimum atomic E-state index is -0.839. The molecular weight excluding hydrogens is 282 g/mol. The summed E-state index contributed by atoms with van der Waals surface area (Å²) in [5.74, 6) is -2.80. The van der Waals surface area contributed by atoms with Crippen LogP contribution in [0.3, 0.4) is 0 Å². The van der Waals surface area contributed by atoms with Gasteiger partial charge in [0.25, 0.3) is 5.91 Å². The average molecular weight is 298 g/mol. The normalized spacial score (nSPS) is 18.4. The summed E-state index contributed by atoms with van der Waals surface area (Å²) in [6, 6.07) is 1.83. The number of piperazine rings is 1. The lowest BCUT2D eigenvalue weighted by Gasteiger charge is -2.34. The van der Waals surface area contributed by atoms with Crippen molar-refractivity contribution in [2.24, 2.45) is 0 Å². The third-order valence-corrected chi connectivity index (χ3v) is 3.22. The number of benzene rings is 1. The largest absolute Gasteiger partial charge is 0.464 e. The van der Waals surface area contributed by atoms with E-state index in [4.69, 9.17) is 4.74 Å². The molecule has 1 aliphatic heterocycles. The zero-order valence-electron chi connectivity index (χ0n) is 11.6. The van der Waals surface area contributed by atoms with Crippen molar-refractivity contribution in [2.75, 3.05) is 26.2 Å². The maximum absolute atomic E-state index is 13.7. The van der Waals surface area contributed by atoms with Gasteiger partial charge in [-0.1, -0.05) is 0 Å². The Morgan fingerprint density at radius 3 is 2.90 bits per heavy atom. The monoisotopic (exact) mass is 298 g/mol. The average Bonchev–Trinajstić information content (AvgIpc) is 2.49. The first-order valence-electron chi connectivity index (χ1n) is 6.68. The van der Waals surface area contributed by atoms with Crippen LogP contribution >= 0.6 is 0 Å². The van der Waals surface area contributed by atoms with E-state index in [1.165, 1.54) is 4.90 Å². The van der Waals surface area contributed by atoms with E-state index >= 15 is 0 Å². The number of nitrogens with zero attached hydrogens (tertiary/aromatic N) is 1. The first-order valence-corrected chi connectivity index (χ1v) is 6.68. The molecule has 0 aliphatic carbocycles. The van der Waals surface area contributed by atoms with Gasteiger partial charge in [-0.3, -0.25) is 4.79 Å². The number of rotatable bonds is 3. The van der Waals surface area contributed by atoms with Crippen molar-refractivity contribution in [3.05, 3.63) is 35.4 Å². The summed E-state index contributed by atoms with van der Waals surface area (Å²) in [4.78, 5) is 25.5. The SMILES string of the molecule is CCOC(=O)C1CNCCN1C(=O)c1cc(F)ccc1F. The topological polar surface area (TPSA) is 58.6 Å². The number of amides is 1. The van der Waals surface area contributed by atoms with Gasteiger partial charge in [-0.15, -0.1) is 0 Å². The van der Waals surface area contributed by atoms with Gasteiger partial charge >= 0.3 is 5.97 Å². The van der Waals surface area contributed by atoms with Crippen molar-refractivity contribution < 1.29 is 23.1 Å². The summed E-state index contributed by atoms with van der Waals surface area (Å²) < 4.78 is 31.8. The highest BCUT2D eigenvalue weighted by molar-refractivity contribution is 5.97. The molecule has 1 heterocycles. The molecule has 0 spiro atoms. The van der Waals surface area contributed by atoms with Crippen LogP contribution in [-0.2, 0) is 9.53 Å². The fourth-order valence-corrected chi connectivity index (χ4v) is 2.21. The van der Waals surface area contributed by atoms with E-state index in [-0.39, 0.29) is 25.3 Å². The van der Waals surface area contributed by atoms with Crippen molar-refractivity contribution in [3.8, 4) is 0 Å². The van der Waals surface area contributed by atoms with Crippen LogP contribution in [0.5, 0.6) is 0 Å². The summed E-state index contributed by atoms with van der Waals surface area (Å²) in [5, 5.41) is 2.97. The second kappa shape index (κ2) is 6.62. The molecule has 7 heteroatoms. The number of hydrogen-bond donors (Lipinski definition) is 1. The molecule has 1 aromatic rings. The summed E-state index contributed by atoms with van der Waals surface area (Å²) in [6.45, 7) is 2.76. The lowest BCUT2D eigenvalue weighted by atomic mass is 10.1. The standard InChI is InChI=1S/C14H16F2N2O3/c1-2-21-14(20)12-8-17-5-6-18(12)13(19)10-7-9(15)3-4-11(10)16/h3-4,7,12,17H,2,5-6,8H2,1H3. The lowest BCUT2D eigenvalue weighted by Crippen LogP contribution is -2.57. The third kappa shape index (κ3) is 3.36. The van der Waals surface area contributed by atoms with Gasteiger partial charge in [0.05, 0.1) is 12.2 Å². The van der Waals surface area contributed by atoms with Gasteiger partial charge in [0.15, 0.2) is 0 Å². The highest BCUT2D eigenvalue weighted by Gasteiger charge is 2.34. The maximum Gasteiger partial charge on any atom is 0.330 e. The molecule has 1 unspecified atom stereocenters. The summed E-state index contributed by atoms with van der Waals surface area (Å²) in [7, 11) is 0. The number of carbonyl (C=O) groups excluding carboxylic acids is 2. The van der Waals surface area contributed by atoms with Crippen molar-refractivity contribution >= 4 is 11.9 Å². The van der Waals surface area contributed by atoms with Crippen molar-refractivity contribution in [1.82, 2.24) is 10.2 Å². The second-order valence-corrected chi connectivity index (χ2v) is 4.59. The van der Waals surface area contributed by atoms with Crippen LogP contribution in [0.2, 0.25) is 0 Å². The fourth-order valence-electron chi connectivity index (χ4n) is 2.21. The Morgan fingerprint density at radius 2 is 2.19 bits per heavy atom. The van der Waals surface area contributed by atoms with E-state index in [9.17, 15) is 18.4 Å². The van der Waals surface area contributed by atoms with Crippen LogP contribution in [0.4, 0.5) is 8.78 Å². The van der Waals surface area contributed by atoms with E-state index in [0.717, 1.165) is 18.2 Å². The zero-order chi connectivity index (χ0) is 15.4. The third-order valence-electron chi connectivity index (χ3n) is 3.22. The molecule has 1 N–H and O–H groups in total. The van der Waals surface area contributed by atoms with Crippen LogP contribution in [0.25, 0.3) is 0 Å². The van der Waals surface area contributed by atoms with E-state index in [1.54, 1.807) is 6.92 Å². The van der Waals surface area contributed by atoms with Crippen LogP contribution in [0.15, 0.2) is 18.2 Å². The maximum atomic E-state index is 13.7. The zero-order valence-corrected chi connectivity index (χ0v) is 11.6. The van der Waals surface area contributed by atoms with Gasteiger partial charge in [-0.25, -0.2) is 13.6 Å². The van der Waals surface area contributed by atoms with Crippen LogP contribution in [-0.4, -0.2) is 49.1 Å². The molecular formula is C14H16F2N2O3. The first-order chi connectivity index (χ1) is 10.0. The molecule has 21 heavy (non-hydrogen) atoms. The molecule has 0 bridgehead atoms. The number of ether oxygens (including phenoxy) is 1. The Morgan fingerprint density at radius 1 is 1.43 bits per heavy atom. The van der Waals surface area contributed by atoms with E-state index in [0.29, 0.717) is 6.54 Å². The summed E-state index contributed by atoms with van der Waals surface area (Å²) in [5.41, 5.74) is -0.383. The Bertz CT molecular complexity index is 551. The molecule has 5 nitrogen and oxygen atoms in total. The smallest absolute Gasteiger partial charge is 0.330 e. The lowest BCUT2D eigenvalue weighted by molar-refractivity contribution is -0.149. The minimum Gasteiger partial charge on any atom is -0.464 e. The number of nitrogens with one attached hydrogen (secondary N) is 1. The van der Waals surface area contributed by atoms with Gasteiger partial charge < -0.3 is 15.0 Å². The van der Waals surface area contributed by atoms with E-state index in [2.05, 4.69) is 5.32 Å². The van der Waals surface area contributed by atoms with Gasteiger partial charge in [0, 0.05) is 19.6 Å². The highest BCUT2D eigenvalue weighted by atomic mass is 19.1. The number of halogens is 2. The van der Waals surface area contributed by atoms with Crippen LogP contribution < -0.4 is 5.32 Å².